The zero-order chi connectivity index (χ0) is 9.72. The van der Waals surface area contributed by atoms with Crippen LogP contribution in [0.4, 0.5) is 0 Å². The number of hydrogen-bond acceptors (Lipinski definition) is 6. The number of carbonyl (C=O) groups excluding carboxylic acids is 1. The first-order valence-corrected chi connectivity index (χ1v) is 3.33. The Balaban J connectivity index is 0. The molecule has 0 amide bonds. The van der Waals surface area contributed by atoms with Crippen LogP contribution in [-0.2, 0) is 4.79 Å². The van der Waals surface area contributed by atoms with E-state index in [1.807, 2.05) is 0 Å². The van der Waals surface area contributed by atoms with E-state index in [9.17, 15) is 4.79 Å². The van der Waals surface area contributed by atoms with Crippen molar-refractivity contribution in [2.24, 2.45) is 0 Å². The quantitative estimate of drug-likeness (QED) is 0.334. The van der Waals surface area contributed by atoms with Crippen LogP contribution in [0.5, 0.6) is 0 Å². The molecule has 0 heterocycles. The number of aliphatic hydroxyl groups excluding tert-OH is 5. The van der Waals surface area contributed by atoms with Gasteiger partial charge in [-0.3, -0.25) is 0 Å². The standard InChI is InChI=1S/C6H12O6.Gd/c7-1-3(9)5(11)6(12)4(10)2-8;/h1,3-6,8-12H,2H2;/t3-,4+,5+,6+;/m0./s1. The van der Waals surface area contributed by atoms with Crippen molar-refractivity contribution in [3.05, 3.63) is 0 Å². The Morgan fingerprint density at radius 2 is 1.54 bits per heavy atom. The Morgan fingerprint density at radius 1 is 1.08 bits per heavy atom. The van der Waals surface area contributed by atoms with Crippen LogP contribution in [0.2, 0.25) is 0 Å². The van der Waals surface area contributed by atoms with E-state index >= 15 is 0 Å². The van der Waals surface area contributed by atoms with Gasteiger partial charge < -0.3 is 30.3 Å². The molecule has 0 unspecified atom stereocenters. The molecule has 0 aliphatic carbocycles. The van der Waals surface area contributed by atoms with Crippen molar-refractivity contribution in [3.63, 3.8) is 0 Å². The van der Waals surface area contributed by atoms with Gasteiger partial charge in [-0.1, -0.05) is 0 Å². The molecule has 7 heteroatoms. The predicted molar refractivity (Wildman–Crippen MR) is 37.2 cm³/mol. The van der Waals surface area contributed by atoms with E-state index in [1.165, 1.54) is 0 Å². The van der Waals surface area contributed by atoms with E-state index in [-0.39, 0.29) is 46.2 Å². The summed E-state index contributed by atoms with van der Waals surface area (Å²) in [5.74, 6) is 0. The SMILES string of the molecule is O=C[C@H](O)[C@@H](O)[C@H](O)[C@H](O)CO.[Gd]. The summed E-state index contributed by atoms with van der Waals surface area (Å²) in [5, 5.41) is 43.5. The fraction of sp³-hybridized carbons (Fsp3) is 0.833. The number of carbonyl (C=O) groups is 1. The third-order valence-electron chi connectivity index (χ3n) is 1.42. The van der Waals surface area contributed by atoms with Crippen molar-refractivity contribution in [1.29, 1.82) is 0 Å². The van der Waals surface area contributed by atoms with Crippen molar-refractivity contribution in [1.82, 2.24) is 0 Å². The molecule has 0 aliphatic rings. The summed E-state index contributed by atoms with van der Waals surface area (Å²) < 4.78 is 0. The second kappa shape index (κ2) is 8.13. The Bertz CT molecular complexity index is 143. The number of hydrogen-bond donors (Lipinski definition) is 5. The van der Waals surface area contributed by atoms with Crippen LogP contribution in [-0.4, -0.2) is 62.8 Å². The topological polar surface area (TPSA) is 118 Å². The summed E-state index contributed by atoms with van der Waals surface area (Å²) in [6.07, 6.45) is -6.84. The van der Waals surface area contributed by atoms with E-state index in [0.717, 1.165) is 0 Å². The monoisotopic (exact) mass is 338 g/mol. The van der Waals surface area contributed by atoms with Crippen molar-refractivity contribution >= 4 is 6.29 Å². The van der Waals surface area contributed by atoms with Crippen LogP contribution in [0.25, 0.3) is 0 Å². The first kappa shape index (κ1) is 16.2. The third kappa shape index (κ3) is 5.29. The van der Waals surface area contributed by atoms with Gasteiger partial charge in [-0.15, -0.1) is 0 Å². The predicted octanol–water partition coefficient (Wildman–Crippen LogP) is -3.38. The van der Waals surface area contributed by atoms with Gasteiger partial charge in [-0.05, 0) is 0 Å². The minimum absolute atomic E-state index is 0. The van der Waals surface area contributed by atoms with Crippen molar-refractivity contribution < 1.29 is 70.3 Å². The molecule has 0 aromatic carbocycles. The summed E-state index contributed by atoms with van der Waals surface area (Å²) in [6, 6.07) is 0. The maximum atomic E-state index is 9.90. The van der Waals surface area contributed by atoms with E-state index in [0.29, 0.717) is 0 Å². The van der Waals surface area contributed by atoms with E-state index in [4.69, 9.17) is 25.5 Å². The minimum Gasteiger partial charge on any atom is -0.394 e. The maximum Gasteiger partial charge on any atom is 0.151 e. The van der Waals surface area contributed by atoms with Crippen LogP contribution in [0.15, 0.2) is 0 Å². The molecule has 0 fully saturated rings. The Morgan fingerprint density at radius 3 is 1.85 bits per heavy atom. The van der Waals surface area contributed by atoms with Crippen molar-refractivity contribution in [2.45, 2.75) is 24.4 Å². The summed E-state index contributed by atoms with van der Waals surface area (Å²) in [4.78, 5) is 9.90. The molecule has 13 heavy (non-hydrogen) atoms. The van der Waals surface area contributed by atoms with Crippen LogP contribution in [0, 0.1) is 39.9 Å². The van der Waals surface area contributed by atoms with Gasteiger partial charge in [0.1, 0.15) is 24.4 Å². The molecule has 0 rings (SSSR count). The third-order valence-corrected chi connectivity index (χ3v) is 1.42. The molecule has 80 valence electrons. The van der Waals surface area contributed by atoms with Crippen LogP contribution >= 0.6 is 0 Å². The summed E-state index contributed by atoms with van der Waals surface area (Å²) in [6.45, 7) is -0.760. The molecule has 0 spiro atoms. The molecular formula is C6H12GdO6. The first-order valence-electron chi connectivity index (χ1n) is 3.33. The fourth-order valence-electron chi connectivity index (χ4n) is 0.618. The zero-order valence-electron chi connectivity index (χ0n) is 6.59. The van der Waals surface area contributed by atoms with Crippen molar-refractivity contribution in [2.75, 3.05) is 6.61 Å². The van der Waals surface area contributed by atoms with Crippen LogP contribution in [0.3, 0.4) is 0 Å². The second-order valence-corrected chi connectivity index (χ2v) is 2.36. The van der Waals surface area contributed by atoms with Crippen molar-refractivity contribution in [3.8, 4) is 0 Å². The average Bonchev–Trinajstić information content (AvgIpc) is 2.12. The van der Waals surface area contributed by atoms with Gasteiger partial charge in [-0.2, -0.15) is 0 Å². The van der Waals surface area contributed by atoms with E-state index in [2.05, 4.69) is 0 Å². The molecule has 0 aromatic rings. The average molecular weight is 337 g/mol. The van der Waals surface area contributed by atoms with Gasteiger partial charge in [-0.25, -0.2) is 0 Å². The molecular weight excluding hydrogens is 325 g/mol. The van der Waals surface area contributed by atoms with Gasteiger partial charge in [0.05, 0.1) is 6.61 Å². The Labute approximate surface area is 107 Å². The van der Waals surface area contributed by atoms with Gasteiger partial charge in [0, 0.05) is 39.9 Å². The summed E-state index contributed by atoms with van der Waals surface area (Å²) >= 11 is 0. The molecule has 0 aliphatic heterocycles. The van der Waals surface area contributed by atoms with Gasteiger partial charge in [0.25, 0.3) is 0 Å². The summed E-state index contributed by atoms with van der Waals surface area (Å²) in [5.41, 5.74) is 0. The largest absolute Gasteiger partial charge is 0.394 e. The Kier molecular flexibility index (Phi) is 10.2. The molecule has 0 saturated carbocycles. The van der Waals surface area contributed by atoms with E-state index < -0.39 is 31.0 Å². The first-order chi connectivity index (χ1) is 5.54. The Hall–Kier alpha value is 0.795. The number of rotatable bonds is 5. The van der Waals surface area contributed by atoms with Gasteiger partial charge in [0.2, 0.25) is 0 Å². The second-order valence-electron chi connectivity index (χ2n) is 2.36. The maximum absolute atomic E-state index is 9.90. The summed E-state index contributed by atoms with van der Waals surface area (Å²) in [7, 11) is 0. The minimum atomic E-state index is -1.79. The molecule has 6 nitrogen and oxygen atoms in total. The van der Waals surface area contributed by atoms with Gasteiger partial charge in [0.15, 0.2) is 6.29 Å². The van der Waals surface area contributed by atoms with E-state index in [1.54, 1.807) is 0 Å². The molecule has 0 aromatic heterocycles. The molecule has 4 atom stereocenters. The number of aliphatic hydroxyl groups is 5. The zero-order valence-corrected chi connectivity index (χ0v) is 8.86. The van der Waals surface area contributed by atoms with Gasteiger partial charge >= 0.3 is 0 Å². The molecule has 5 N–H and O–H groups in total. The van der Waals surface area contributed by atoms with Crippen LogP contribution < -0.4 is 0 Å². The molecule has 0 radical (unpaired) electrons. The fourth-order valence-corrected chi connectivity index (χ4v) is 0.618. The molecule has 0 bridgehead atoms. The number of aldehydes is 1. The molecule has 0 saturated heterocycles. The smallest absolute Gasteiger partial charge is 0.151 e. The normalized spacial score (nSPS) is 19.5. The van der Waals surface area contributed by atoms with Crippen LogP contribution in [0.1, 0.15) is 0 Å².